The van der Waals surface area contributed by atoms with Crippen LogP contribution >= 0.6 is 11.6 Å². The number of hydrogen-bond donors (Lipinski definition) is 2. The van der Waals surface area contributed by atoms with Gasteiger partial charge in [0.05, 0.1) is 10.7 Å². The van der Waals surface area contributed by atoms with Crippen LogP contribution in [0.5, 0.6) is 0 Å². The van der Waals surface area contributed by atoms with Gasteiger partial charge in [-0.2, -0.15) is 0 Å². The topological polar surface area (TPSA) is 49.8 Å². The fourth-order valence-corrected chi connectivity index (χ4v) is 3.96. The lowest BCUT2D eigenvalue weighted by Crippen LogP contribution is -2.22. The first-order valence-electron chi connectivity index (χ1n) is 10.2. The van der Waals surface area contributed by atoms with Crippen molar-refractivity contribution in [2.45, 2.75) is 44.7 Å². The zero-order valence-corrected chi connectivity index (χ0v) is 17.2. The maximum absolute atomic E-state index is 13.4. The Balaban J connectivity index is 1.50. The predicted molar refractivity (Wildman–Crippen MR) is 117 cm³/mol. The zero-order valence-electron chi connectivity index (χ0n) is 16.5. The van der Waals surface area contributed by atoms with Crippen LogP contribution in [0.15, 0.2) is 48.7 Å². The van der Waals surface area contributed by atoms with Gasteiger partial charge in [-0.15, -0.1) is 0 Å². The highest BCUT2D eigenvalue weighted by Crippen LogP contribution is 2.30. The number of benzene rings is 1. The van der Waals surface area contributed by atoms with Gasteiger partial charge in [0.15, 0.2) is 0 Å². The lowest BCUT2D eigenvalue weighted by atomic mass is 9.95. The molecule has 3 aromatic rings. The molecule has 4 nitrogen and oxygen atoms in total. The molecule has 0 spiro atoms. The first-order valence-corrected chi connectivity index (χ1v) is 10.5. The van der Waals surface area contributed by atoms with Crippen molar-refractivity contribution in [2.24, 2.45) is 0 Å². The molecule has 0 bridgehead atoms. The van der Waals surface area contributed by atoms with Crippen LogP contribution in [0.1, 0.15) is 37.7 Å². The van der Waals surface area contributed by atoms with Gasteiger partial charge in [0, 0.05) is 30.4 Å². The maximum Gasteiger partial charge on any atom is 0.126 e. The second-order valence-electron chi connectivity index (χ2n) is 7.57. The summed E-state index contributed by atoms with van der Waals surface area (Å²) in [4.78, 5) is 9.03. The number of nitrogens with zero attached hydrogens (tertiary/aromatic N) is 2. The molecule has 2 heterocycles. The van der Waals surface area contributed by atoms with Gasteiger partial charge in [-0.25, -0.2) is 18.7 Å². The quantitative estimate of drug-likeness (QED) is 0.474. The third-order valence-corrected chi connectivity index (χ3v) is 5.53. The summed E-state index contributed by atoms with van der Waals surface area (Å²) in [5.74, 6) is 0.175. The molecule has 4 rings (SSSR count). The molecule has 0 saturated heterocycles. The molecule has 1 aromatic carbocycles. The number of pyridine rings is 2. The number of hydrogen-bond acceptors (Lipinski definition) is 4. The summed E-state index contributed by atoms with van der Waals surface area (Å²) in [6.45, 7) is 0.254. The highest BCUT2D eigenvalue weighted by Gasteiger charge is 2.15. The summed E-state index contributed by atoms with van der Waals surface area (Å²) in [5.41, 5.74) is 1.98. The minimum absolute atomic E-state index is 0.254. The standard InChI is InChI=1S/C23H23ClF2N4/c24-20-14-28-23(29-18-5-2-1-3-6-18)12-19(20)21-7-4-8-22(30-21)27-13-15-9-16(25)11-17(26)10-15/h4,7-12,14,18H,1-3,5-6,13H2,(H,27,30)(H,28,29). The van der Waals surface area contributed by atoms with Crippen LogP contribution in [0.3, 0.4) is 0 Å². The molecule has 7 heteroatoms. The largest absolute Gasteiger partial charge is 0.367 e. The number of aromatic nitrogens is 2. The molecule has 0 aliphatic heterocycles. The average molecular weight is 429 g/mol. The molecule has 1 aliphatic rings. The Morgan fingerprint density at radius 1 is 0.967 bits per heavy atom. The van der Waals surface area contributed by atoms with Gasteiger partial charge in [-0.3, -0.25) is 0 Å². The van der Waals surface area contributed by atoms with E-state index in [0.29, 0.717) is 28.1 Å². The molecule has 2 aromatic heterocycles. The summed E-state index contributed by atoms with van der Waals surface area (Å²) in [7, 11) is 0. The van der Waals surface area contributed by atoms with Gasteiger partial charge in [-0.05, 0) is 48.7 Å². The van der Waals surface area contributed by atoms with Crippen LogP contribution in [-0.2, 0) is 6.54 Å². The minimum atomic E-state index is -0.602. The second-order valence-corrected chi connectivity index (χ2v) is 7.98. The van der Waals surface area contributed by atoms with Crippen molar-refractivity contribution in [2.75, 3.05) is 10.6 Å². The van der Waals surface area contributed by atoms with Crippen molar-refractivity contribution >= 4 is 23.2 Å². The van der Waals surface area contributed by atoms with E-state index in [1.807, 2.05) is 18.2 Å². The van der Waals surface area contributed by atoms with E-state index in [2.05, 4.69) is 20.6 Å². The fraction of sp³-hybridized carbons (Fsp3) is 0.304. The second kappa shape index (κ2) is 9.39. The van der Waals surface area contributed by atoms with E-state index in [-0.39, 0.29) is 6.54 Å². The summed E-state index contributed by atoms with van der Waals surface area (Å²) >= 11 is 6.40. The Bertz CT molecular complexity index is 1000. The van der Waals surface area contributed by atoms with E-state index in [0.717, 1.165) is 30.3 Å². The van der Waals surface area contributed by atoms with Crippen molar-refractivity contribution in [1.82, 2.24) is 9.97 Å². The molecule has 2 N–H and O–H groups in total. The normalized spacial score (nSPS) is 14.5. The Morgan fingerprint density at radius 2 is 1.73 bits per heavy atom. The van der Waals surface area contributed by atoms with Gasteiger partial charge in [0.25, 0.3) is 0 Å². The van der Waals surface area contributed by atoms with E-state index >= 15 is 0 Å². The zero-order chi connectivity index (χ0) is 20.9. The van der Waals surface area contributed by atoms with Crippen molar-refractivity contribution in [3.63, 3.8) is 0 Å². The smallest absolute Gasteiger partial charge is 0.126 e. The van der Waals surface area contributed by atoms with E-state index in [1.165, 1.54) is 31.4 Å². The van der Waals surface area contributed by atoms with Gasteiger partial charge >= 0.3 is 0 Å². The van der Waals surface area contributed by atoms with E-state index < -0.39 is 11.6 Å². The van der Waals surface area contributed by atoms with Gasteiger partial charge in [0.1, 0.15) is 23.3 Å². The summed E-state index contributed by atoms with van der Waals surface area (Å²) in [5, 5.41) is 7.13. The summed E-state index contributed by atoms with van der Waals surface area (Å²) in [6.07, 6.45) is 7.71. The minimum Gasteiger partial charge on any atom is -0.367 e. The lowest BCUT2D eigenvalue weighted by Gasteiger charge is -2.23. The van der Waals surface area contributed by atoms with E-state index in [9.17, 15) is 8.78 Å². The molecule has 156 valence electrons. The average Bonchev–Trinajstić information content (AvgIpc) is 2.74. The van der Waals surface area contributed by atoms with Gasteiger partial charge in [0.2, 0.25) is 0 Å². The number of anilines is 2. The molecule has 1 aliphatic carbocycles. The predicted octanol–water partition coefficient (Wildman–Crippen LogP) is 6.43. The maximum atomic E-state index is 13.4. The number of rotatable bonds is 6. The Hall–Kier alpha value is -2.73. The molecule has 0 amide bonds. The Morgan fingerprint density at radius 3 is 2.50 bits per heavy atom. The molecular formula is C23H23ClF2N4. The highest BCUT2D eigenvalue weighted by molar-refractivity contribution is 6.33. The number of nitrogens with one attached hydrogen (secondary N) is 2. The molecule has 0 atom stereocenters. The molecule has 0 radical (unpaired) electrons. The molecule has 1 fully saturated rings. The van der Waals surface area contributed by atoms with Crippen molar-refractivity contribution in [1.29, 1.82) is 0 Å². The van der Waals surface area contributed by atoms with Gasteiger partial charge < -0.3 is 10.6 Å². The number of halogens is 3. The van der Waals surface area contributed by atoms with Crippen LogP contribution in [0.2, 0.25) is 5.02 Å². The molecule has 30 heavy (non-hydrogen) atoms. The Labute approximate surface area is 179 Å². The lowest BCUT2D eigenvalue weighted by molar-refractivity contribution is 0.462. The fourth-order valence-electron chi connectivity index (χ4n) is 3.76. The van der Waals surface area contributed by atoms with Crippen LogP contribution < -0.4 is 10.6 Å². The Kier molecular flexibility index (Phi) is 6.43. The first kappa shape index (κ1) is 20.5. The summed E-state index contributed by atoms with van der Waals surface area (Å²) in [6, 6.07) is 11.3. The van der Waals surface area contributed by atoms with Crippen molar-refractivity contribution in [3.8, 4) is 11.3 Å². The highest BCUT2D eigenvalue weighted by atomic mass is 35.5. The molecule has 1 saturated carbocycles. The van der Waals surface area contributed by atoms with E-state index in [4.69, 9.17) is 11.6 Å². The first-order chi connectivity index (χ1) is 14.6. The van der Waals surface area contributed by atoms with Crippen molar-refractivity contribution < 1.29 is 8.78 Å². The SMILES string of the molecule is Fc1cc(F)cc(CNc2cccc(-c3cc(NC4CCCCC4)ncc3Cl)n2)c1. The third-order valence-electron chi connectivity index (χ3n) is 5.23. The van der Waals surface area contributed by atoms with Crippen LogP contribution in [0, 0.1) is 11.6 Å². The van der Waals surface area contributed by atoms with E-state index in [1.54, 1.807) is 12.3 Å². The van der Waals surface area contributed by atoms with Crippen LogP contribution in [0.4, 0.5) is 20.4 Å². The summed E-state index contributed by atoms with van der Waals surface area (Å²) < 4.78 is 26.8. The van der Waals surface area contributed by atoms with Crippen LogP contribution in [-0.4, -0.2) is 16.0 Å². The third kappa shape index (κ3) is 5.25. The van der Waals surface area contributed by atoms with Crippen molar-refractivity contribution in [3.05, 3.63) is 70.9 Å². The molecular weight excluding hydrogens is 406 g/mol. The monoisotopic (exact) mass is 428 g/mol. The van der Waals surface area contributed by atoms with Gasteiger partial charge in [-0.1, -0.05) is 36.9 Å². The van der Waals surface area contributed by atoms with Crippen LogP contribution in [0.25, 0.3) is 11.3 Å². The molecule has 0 unspecified atom stereocenters.